The summed E-state index contributed by atoms with van der Waals surface area (Å²) in [4.78, 5) is 42.2. The van der Waals surface area contributed by atoms with Crippen LogP contribution in [-0.4, -0.2) is 54.9 Å². The lowest BCUT2D eigenvalue weighted by Gasteiger charge is -2.37. The molecule has 190 valence electrons. The smallest absolute Gasteiger partial charge is 0.260 e. The van der Waals surface area contributed by atoms with Crippen molar-refractivity contribution in [1.29, 1.82) is 0 Å². The van der Waals surface area contributed by atoms with E-state index in [2.05, 4.69) is 5.32 Å². The molecular formula is C28H32FN3O4. The number of carbonyl (C=O) groups is 3. The molecule has 0 unspecified atom stereocenters. The summed E-state index contributed by atoms with van der Waals surface area (Å²) < 4.78 is 19.3. The Morgan fingerprint density at radius 2 is 1.83 bits per heavy atom. The van der Waals surface area contributed by atoms with Gasteiger partial charge in [0.15, 0.2) is 6.61 Å². The molecule has 8 heteroatoms. The third kappa shape index (κ3) is 5.08. The van der Waals surface area contributed by atoms with Gasteiger partial charge in [-0.3, -0.25) is 14.4 Å². The van der Waals surface area contributed by atoms with E-state index in [1.165, 1.54) is 18.2 Å². The quantitative estimate of drug-likeness (QED) is 0.662. The lowest BCUT2D eigenvalue weighted by atomic mass is 9.71. The molecule has 3 fully saturated rings. The number of nitrogens with zero attached hydrogens (tertiary/aromatic N) is 2. The Balaban J connectivity index is 1.22. The molecule has 0 bridgehead atoms. The summed E-state index contributed by atoms with van der Waals surface area (Å²) in [5.74, 6) is -0.138. The van der Waals surface area contributed by atoms with E-state index in [0.717, 1.165) is 57.3 Å². The van der Waals surface area contributed by atoms with Crippen LogP contribution in [0, 0.1) is 11.2 Å². The van der Waals surface area contributed by atoms with Crippen molar-refractivity contribution in [2.75, 3.05) is 31.1 Å². The molecule has 2 saturated heterocycles. The van der Waals surface area contributed by atoms with E-state index in [1.807, 2.05) is 23.1 Å². The van der Waals surface area contributed by atoms with Gasteiger partial charge in [0.2, 0.25) is 5.91 Å². The Hall–Kier alpha value is -3.42. The zero-order chi connectivity index (χ0) is 25.1. The zero-order valence-corrected chi connectivity index (χ0v) is 20.4. The summed E-state index contributed by atoms with van der Waals surface area (Å²) in [5, 5.41) is 3.02. The van der Waals surface area contributed by atoms with Crippen LogP contribution in [-0.2, 0) is 9.59 Å². The van der Waals surface area contributed by atoms with Gasteiger partial charge < -0.3 is 19.9 Å². The number of amides is 3. The van der Waals surface area contributed by atoms with Gasteiger partial charge in [-0.15, -0.1) is 0 Å². The third-order valence-electron chi connectivity index (χ3n) is 7.73. The molecule has 7 nitrogen and oxygen atoms in total. The number of hydrogen-bond donors (Lipinski definition) is 1. The van der Waals surface area contributed by atoms with Gasteiger partial charge in [-0.05, 0) is 68.9 Å². The average molecular weight is 494 g/mol. The van der Waals surface area contributed by atoms with E-state index in [-0.39, 0.29) is 35.9 Å². The molecule has 1 aliphatic carbocycles. The van der Waals surface area contributed by atoms with Crippen LogP contribution in [0.3, 0.4) is 0 Å². The normalized spacial score (nSPS) is 23.8. The van der Waals surface area contributed by atoms with E-state index in [4.69, 9.17) is 4.74 Å². The molecule has 2 aliphatic heterocycles. The number of ether oxygens (including phenoxy) is 1. The van der Waals surface area contributed by atoms with Gasteiger partial charge in [-0.2, -0.15) is 0 Å². The van der Waals surface area contributed by atoms with Crippen molar-refractivity contribution in [3.8, 4) is 5.75 Å². The van der Waals surface area contributed by atoms with E-state index in [1.54, 1.807) is 17.0 Å². The van der Waals surface area contributed by atoms with Gasteiger partial charge >= 0.3 is 0 Å². The number of anilines is 1. The Labute approximate surface area is 210 Å². The highest BCUT2D eigenvalue weighted by atomic mass is 19.1. The summed E-state index contributed by atoms with van der Waals surface area (Å²) in [6, 6.07) is 12.9. The van der Waals surface area contributed by atoms with E-state index >= 15 is 0 Å². The molecule has 3 aliphatic rings. The van der Waals surface area contributed by atoms with Crippen molar-refractivity contribution in [2.24, 2.45) is 5.41 Å². The van der Waals surface area contributed by atoms with Gasteiger partial charge in [-0.1, -0.05) is 18.6 Å². The molecule has 1 spiro atoms. The number of nitrogens with one attached hydrogen (secondary N) is 1. The number of carbonyl (C=O) groups excluding carboxylic acids is 3. The molecule has 0 radical (unpaired) electrons. The SMILES string of the molecule is O=C(N[C@H]1CCC[C@]2(CCN(c3cccc(OCC(=O)N4CCCC4)c3)C2=O)C1)c1cccc(F)c1. The van der Waals surface area contributed by atoms with Gasteiger partial charge in [0, 0.05) is 43.0 Å². The van der Waals surface area contributed by atoms with Crippen LogP contribution in [0.5, 0.6) is 5.75 Å². The summed E-state index contributed by atoms with van der Waals surface area (Å²) in [6.07, 6.45) is 5.79. The van der Waals surface area contributed by atoms with Crippen molar-refractivity contribution < 1.29 is 23.5 Å². The Morgan fingerprint density at radius 3 is 2.64 bits per heavy atom. The largest absolute Gasteiger partial charge is 0.484 e. The standard InChI is InChI=1S/C28H32FN3O4/c29-21-7-3-6-20(16-21)26(34)30-22-8-5-11-28(18-22)12-15-32(27(28)35)23-9-4-10-24(17-23)36-19-25(33)31-13-1-2-14-31/h3-4,6-7,9-10,16-17,22H,1-2,5,8,11-15,18-19H2,(H,30,34)/t22-,28-/m0/s1. The van der Waals surface area contributed by atoms with Gasteiger partial charge in [0.1, 0.15) is 11.6 Å². The van der Waals surface area contributed by atoms with Crippen molar-refractivity contribution in [1.82, 2.24) is 10.2 Å². The number of likely N-dealkylation sites (tertiary alicyclic amines) is 1. The van der Waals surface area contributed by atoms with Crippen LogP contribution in [0.4, 0.5) is 10.1 Å². The molecule has 3 amide bonds. The maximum absolute atomic E-state index is 13.6. The summed E-state index contributed by atoms with van der Waals surface area (Å²) in [5.41, 5.74) is 0.531. The molecule has 5 rings (SSSR count). The zero-order valence-electron chi connectivity index (χ0n) is 20.4. The number of rotatable bonds is 6. The second kappa shape index (κ2) is 10.3. The summed E-state index contributed by atoms with van der Waals surface area (Å²) >= 11 is 0. The molecule has 2 aromatic rings. The second-order valence-electron chi connectivity index (χ2n) is 10.1. The maximum Gasteiger partial charge on any atom is 0.260 e. The fourth-order valence-corrected chi connectivity index (χ4v) is 5.82. The number of benzene rings is 2. The van der Waals surface area contributed by atoms with Gasteiger partial charge in [0.25, 0.3) is 11.8 Å². The number of halogens is 1. The van der Waals surface area contributed by atoms with Crippen LogP contribution in [0.1, 0.15) is 55.3 Å². The molecule has 2 heterocycles. The van der Waals surface area contributed by atoms with Crippen LogP contribution >= 0.6 is 0 Å². The summed E-state index contributed by atoms with van der Waals surface area (Å²) in [7, 11) is 0. The van der Waals surface area contributed by atoms with Crippen molar-refractivity contribution in [3.05, 3.63) is 59.9 Å². The summed E-state index contributed by atoms with van der Waals surface area (Å²) in [6.45, 7) is 2.17. The first-order valence-electron chi connectivity index (χ1n) is 12.8. The predicted octanol–water partition coefficient (Wildman–Crippen LogP) is 3.92. The molecule has 36 heavy (non-hydrogen) atoms. The Bertz CT molecular complexity index is 1150. The molecule has 2 atom stereocenters. The predicted molar refractivity (Wildman–Crippen MR) is 133 cm³/mol. The maximum atomic E-state index is 13.6. The third-order valence-corrected chi connectivity index (χ3v) is 7.73. The molecular weight excluding hydrogens is 461 g/mol. The van der Waals surface area contributed by atoms with E-state index < -0.39 is 11.2 Å². The first kappa shape index (κ1) is 24.3. The van der Waals surface area contributed by atoms with E-state index in [0.29, 0.717) is 18.7 Å². The lowest BCUT2D eigenvalue weighted by molar-refractivity contribution is -0.132. The average Bonchev–Trinajstić information content (AvgIpc) is 3.52. The molecule has 1 saturated carbocycles. The molecule has 2 aromatic carbocycles. The van der Waals surface area contributed by atoms with Crippen molar-refractivity contribution >= 4 is 23.4 Å². The Morgan fingerprint density at radius 1 is 1.03 bits per heavy atom. The van der Waals surface area contributed by atoms with Crippen LogP contribution < -0.4 is 15.0 Å². The van der Waals surface area contributed by atoms with E-state index in [9.17, 15) is 18.8 Å². The fourth-order valence-electron chi connectivity index (χ4n) is 5.82. The topological polar surface area (TPSA) is 79.0 Å². The number of hydrogen-bond acceptors (Lipinski definition) is 4. The van der Waals surface area contributed by atoms with Crippen LogP contribution in [0.2, 0.25) is 0 Å². The van der Waals surface area contributed by atoms with Gasteiger partial charge in [-0.25, -0.2) is 4.39 Å². The van der Waals surface area contributed by atoms with Crippen LogP contribution in [0.15, 0.2) is 48.5 Å². The first-order chi connectivity index (χ1) is 17.4. The minimum atomic E-state index is -0.513. The highest BCUT2D eigenvalue weighted by Crippen LogP contribution is 2.46. The molecule has 0 aromatic heterocycles. The van der Waals surface area contributed by atoms with Crippen molar-refractivity contribution in [3.63, 3.8) is 0 Å². The fraction of sp³-hybridized carbons (Fsp3) is 0.464. The minimum Gasteiger partial charge on any atom is -0.484 e. The molecule has 1 N–H and O–H groups in total. The lowest BCUT2D eigenvalue weighted by Crippen LogP contribution is -2.46. The second-order valence-corrected chi connectivity index (χ2v) is 10.1. The van der Waals surface area contributed by atoms with Crippen molar-refractivity contribution in [2.45, 2.75) is 51.0 Å². The highest BCUT2D eigenvalue weighted by molar-refractivity contribution is 6.00. The highest BCUT2D eigenvalue weighted by Gasteiger charge is 2.49. The first-order valence-corrected chi connectivity index (χ1v) is 12.8. The monoisotopic (exact) mass is 493 g/mol. The minimum absolute atomic E-state index is 0.00592. The van der Waals surface area contributed by atoms with Gasteiger partial charge in [0.05, 0.1) is 5.41 Å². The Kier molecular flexibility index (Phi) is 6.94. The van der Waals surface area contributed by atoms with Crippen LogP contribution in [0.25, 0.3) is 0 Å².